The Morgan fingerprint density at radius 1 is 1.25 bits per heavy atom. The normalized spacial score (nSPS) is 19.2. The summed E-state index contributed by atoms with van der Waals surface area (Å²) in [5, 5.41) is 8.67. The SMILES string of the molecule is CCOC[C@H]1C[C@@H]1c1cc(-c2cnc(OC)nc2OC)nnc1Cl. The zero-order valence-electron chi connectivity index (χ0n) is 13.8. The van der Waals surface area contributed by atoms with Crippen LogP contribution in [-0.2, 0) is 4.74 Å². The van der Waals surface area contributed by atoms with Gasteiger partial charge in [-0.2, -0.15) is 4.98 Å². The van der Waals surface area contributed by atoms with Crippen molar-refractivity contribution < 1.29 is 14.2 Å². The number of methoxy groups -OCH3 is 2. The third kappa shape index (κ3) is 3.42. The van der Waals surface area contributed by atoms with Crippen LogP contribution in [0, 0.1) is 5.92 Å². The molecule has 8 heteroatoms. The van der Waals surface area contributed by atoms with Crippen LogP contribution in [0.4, 0.5) is 0 Å². The second kappa shape index (κ2) is 7.27. The molecule has 0 radical (unpaired) electrons. The molecule has 7 nitrogen and oxygen atoms in total. The molecule has 0 amide bonds. The van der Waals surface area contributed by atoms with E-state index in [1.54, 1.807) is 6.20 Å². The average Bonchev–Trinajstić information content (AvgIpc) is 3.39. The van der Waals surface area contributed by atoms with Gasteiger partial charge < -0.3 is 14.2 Å². The smallest absolute Gasteiger partial charge is 0.319 e. The van der Waals surface area contributed by atoms with Crippen molar-refractivity contribution in [2.24, 2.45) is 5.92 Å². The van der Waals surface area contributed by atoms with Gasteiger partial charge in [-0.1, -0.05) is 11.6 Å². The maximum atomic E-state index is 6.24. The maximum absolute atomic E-state index is 6.24. The van der Waals surface area contributed by atoms with Gasteiger partial charge in [0.25, 0.3) is 0 Å². The predicted octanol–water partition coefficient (Wildman–Crippen LogP) is 2.74. The Morgan fingerprint density at radius 3 is 2.79 bits per heavy atom. The molecule has 1 fully saturated rings. The van der Waals surface area contributed by atoms with E-state index in [0.29, 0.717) is 34.1 Å². The Labute approximate surface area is 145 Å². The molecule has 128 valence electrons. The fraction of sp³-hybridized carbons (Fsp3) is 0.500. The van der Waals surface area contributed by atoms with E-state index in [-0.39, 0.29) is 6.01 Å². The molecular formula is C16H19ClN4O3. The summed E-state index contributed by atoms with van der Waals surface area (Å²) in [7, 11) is 3.04. The van der Waals surface area contributed by atoms with Crippen molar-refractivity contribution in [2.45, 2.75) is 19.3 Å². The van der Waals surface area contributed by atoms with Crippen molar-refractivity contribution in [2.75, 3.05) is 27.4 Å². The number of halogens is 1. The third-order valence-electron chi connectivity index (χ3n) is 4.02. The minimum Gasteiger partial charge on any atom is -0.480 e. The third-order valence-corrected chi connectivity index (χ3v) is 4.31. The zero-order chi connectivity index (χ0) is 17.1. The van der Waals surface area contributed by atoms with Gasteiger partial charge in [-0.25, -0.2) is 4.98 Å². The average molecular weight is 351 g/mol. The first-order chi connectivity index (χ1) is 11.7. The summed E-state index contributed by atoms with van der Waals surface area (Å²) < 4.78 is 15.8. The van der Waals surface area contributed by atoms with Crippen LogP contribution in [0.2, 0.25) is 5.15 Å². The highest BCUT2D eigenvalue weighted by atomic mass is 35.5. The lowest BCUT2D eigenvalue weighted by Crippen LogP contribution is -2.01. The summed E-state index contributed by atoms with van der Waals surface area (Å²) in [5.74, 6) is 1.21. The number of hydrogen-bond donors (Lipinski definition) is 0. The fourth-order valence-electron chi connectivity index (χ4n) is 2.65. The first-order valence-corrected chi connectivity index (χ1v) is 8.12. The van der Waals surface area contributed by atoms with Crippen LogP contribution in [0.1, 0.15) is 24.8 Å². The van der Waals surface area contributed by atoms with Crippen LogP contribution >= 0.6 is 11.6 Å². The summed E-state index contributed by atoms with van der Waals surface area (Å²) in [6, 6.07) is 2.16. The Kier molecular flexibility index (Phi) is 5.11. The van der Waals surface area contributed by atoms with Gasteiger partial charge in [-0.3, -0.25) is 0 Å². The Hall–Kier alpha value is -1.99. The van der Waals surface area contributed by atoms with Crippen LogP contribution in [-0.4, -0.2) is 47.6 Å². The van der Waals surface area contributed by atoms with Crippen molar-refractivity contribution in [3.05, 3.63) is 23.0 Å². The molecule has 24 heavy (non-hydrogen) atoms. The summed E-state index contributed by atoms with van der Waals surface area (Å²) >= 11 is 6.24. The number of ether oxygens (including phenoxy) is 3. The minimum atomic E-state index is 0.233. The van der Waals surface area contributed by atoms with E-state index in [9.17, 15) is 0 Å². The van der Waals surface area contributed by atoms with Gasteiger partial charge in [-0.05, 0) is 36.8 Å². The molecule has 0 aliphatic heterocycles. The lowest BCUT2D eigenvalue weighted by Gasteiger charge is -2.09. The summed E-state index contributed by atoms with van der Waals surface area (Å²) in [6.07, 6.45) is 2.65. The highest BCUT2D eigenvalue weighted by molar-refractivity contribution is 6.30. The minimum absolute atomic E-state index is 0.233. The molecular weight excluding hydrogens is 332 g/mol. The molecule has 0 bridgehead atoms. The molecule has 2 heterocycles. The van der Waals surface area contributed by atoms with E-state index < -0.39 is 0 Å². The van der Waals surface area contributed by atoms with E-state index >= 15 is 0 Å². The molecule has 0 aromatic carbocycles. The van der Waals surface area contributed by atoms with E-state index in [4.69, 9.17) is 25.8 Å². The largest absolute Gasteiger partial charge is 0.480 e. The number of aromatic nitrogens is 4. The fourth-order valence-corrected chi connectivity index (χ4v) is 2.88. The Morgan fingerprint density at radius 2 is 2.08 bits per heavy atom. The number of nitrogens with zero attached hydrogens (tertiary/aromatic N) is 4. The Balaban J connectivity index is 1.89. The highest BCUT2D eigenvalue weighted by Gasteiger charge is 2.40. The first kappa shape index (κ1) is 16.9. The van der Waals surface area contributed by atoms with E-state index in [1.807, 2.05) is 13.0 Å². The molecule has 2 atom stereocenters. The lowest BCUT2D eigenvalue weighted by molar-refractivity contribution is 0.136. The van der Waals surface area contributed by atoms with Crippen LogP contribution in [0.15, 0.2) is 12.3 Å². The number of rotatable bonds is 7. The van der Waals surface area contributed by atoms with E-state index in [2.05, 4.69) is 20.2 Å². The van der Waals surface area contributed by atoms with Crippen LogP contribution in [0.5, 0.6) is 11.9 Å². The Bertz CT molecular complexity index is 728. The summed E-state index contributed by atoms with van der Waals surface area (Å²) in [4.78, 5) is 8.29. The lowest BCUT2D eigenvalue weighted by atomic mass is 10.1. The molecule has 0 unspecified atom stereocenters. The van der Waals surface area contributed by atoms with Gasteiger partial charge in [0.05, 0.1) is 19.8 Å². The zero-order valence-corrected chi connectivity index (χ0v) is 14.6. The molecule has 1 aliphatic carbocycles. The molecule has 0 spiro atoms. The first-order valence-electron chi connectivity index (χ1n) is 7.74. The van der Waals surface area contributed by atoms with Crippen molar-refractivity contribution in [3.8, 4) is 23.1 Å². The molecule has 0 saturated heterocycles. The van der Waals surface area contributed by atoms with Crippen LogP contribution in [0.25, 0.3) is 11.3 Å². The number of hydrogen-bond acceptors (Lipinski definition) is 7. The van der Waals surface area contributed by atoms with E-state index in [0.717, 1.165) is 25.2 Å². The molecule has 0 N–H and O–H groups in total. The van der Waals surface area contributed by atoms with Crippen LogP contribution < -0.4 is 9.47 Å². The van der Waals surface area contributed by atoms with Gasteiger partial charge in [0, 0.05) is 19.4 Å². The molecule has 2 aromatic rings. The van der Waals surface area contributed by atoms with Crippen molar-refractivity contribution >= 4 is 11.6 Å². The summed E-state index contributed by atoms with van der Waals surface area (Å²) in [6.45, 7) is 3.45. The van der Waals surface area contributed by atoms with Gasteiger partial charge in [0.2, 0.25) is 5.88 Å². The molecule has 2 aromatic heterocycles. The highest BCUT2D eigenvalue weighted by Crippen LogP contribution is 2.49. The summed E-state index contributed by atoms with van der Waals surface area (Å²) in [5.41, 5.74) is 2.24. The van der Waals surface area contributed by atoms with Gasteiger partial charge >= 0.3 is 6.01 Å². The standard InChI is InChI=1S/C16H19ClN4O3/c1-4-24-8-9-5-10(9)11-6-13(20-21-14(11)17)12-7-18-16(23-3)19-15(12)22-2/h6-7,9-10H,4-5,8H2,1-3H3/t9-,10+/m1/s1. The van der Waals surface area contributed by atoms with Crippen molar-refractivity contribution in [3.63, 3.8) is 0 Å². The van der Waals surface area contributed by atoms with E-state index in [1.165, 1.54) is 14.2 Å². The molecule has 1 saturated carbocycles. The van der Waals surface area contributed by atoms with Crippen molar-refractivity contribution in [1.82, 2.24) is 20.2 Å². The molecule has 3 rings (SSSR count). The monoisotopic (exact) mass is 350 g/mol. The van der Waals surface area contributed by atoms with Gasteiger partial charge in [0.15, 0.2) is 5.15 Å². The van der Waals surface area contributed by atoms with Gasteiger partial charge in [-0.15, -0.1) is 10.2 Å². The van der Waals surface area contributed by atoms with Gasteiger partial charge in [0.1, 0.15) is 5.69 Å². The molecule has 1 aliphatic rings. The second-order valence-corrected chi connectivity index (χ2v) is 5.88. The predicted molar refractivity (Wildman–Crippen MR) is 88.5 cm³/mol. The maximum Gasteiger partial charge on any atom is 0.319 e. The van der Waals surface area contributed by atoms with Crippen molar-refractivity contribution in [1.29, 1.82) is 0 Å². The quantitative estimate of drug-likeness (QED) is 0.759. The topological polar surface area (TPSA) is 79.2 Å². The second-order valence-electron chi connectivity index (χ2n) is 5.52. The van der Waals surface area contributed by atoms with Crippen LogP contribution in [0.3, 0.4) is 0 Å².